The maximum Gasteiger partial charge on any atom is 3.00 e. The molecule has 0 amide bonds. The molecule has 0 aliphatic carbocycles. The third kappa shape index (κ3) is 13.1. The van der Waals surface area contributed by atoms with E-state index in [1.807, 2.05) is 0 Å². The molecule has 31 heavy (non-hydrogen) atoms. The monoisotopic (exact) mass is 734 g/mol. The van der Waals surface area contributed by atoms with E-state index in [2.05, 4.69) is 0 Å². The Morgan fingerprint density at radius 3 is 0.742 bits per heavy atom. The molecule has 3 unspecified atom stereocenters. The fourth-order valence-corrected chi connectivity index (χ4v) is 3.09. The van der Waals surface area contributed by atoms with Gasteiger partial charge in [0.15, 0.2) is 0 Å². The van der Waals surface area contributed by atoms with Crippen molar-refractivity contribution in [2.24, 2.45) is 0 Å². The van der Waals surface area contributed by atoms with Crippen molar-refractivity contribution in [3.63, 3.8) is 0 Å². The van der Waals surface area contributed by atoms with Crippen LogP contribution in [0.15, 0.2) is 87.5 Å². The summed E-state index contributed by atoms with van der Waals surface area (Å²) in [6.45, 7) is 0. The van der Waals surface area contributed by atoms with Gasteiger partial charge in [-0.2, -0.15) is 0 Å². The van der Waals surface area contributed by atoms with Gasteiger partial charge in [-0.15, -0.1) is 0 Å². The van der Waals surface area contributed by atoms with Gasteiger partial charge in [0.05, 0.1) is 0 Å². The van der Waals surface area contributed by atoms with Gasteiger partial charge in [-0.25, -0.2) is 0 Å². The summed E-state index contributed by atoms with van der Waals surface area (Å²) in [6, 6.07) is 17.9. The van der Waals surface area contributed by atoms with Crippen LogP contribution in [0.1, 0.15) is 0 Å². The molecule has 0 saturated heterocycles. The molecule has 0 fully saturated rings. The maximum atomic E-state index is 10.3. The number of halogens is 3. The van der Waals surface area contributed by atoms with Gasteiger partial charge in [-0.3, -0.25) is 12.6 Å². The number of rotatable bonds is 3. The standard InChI is InChI=1S/3C6H5ClO2S.Bi/c3*7-5-1-3-6(4-2-5)10(8)9;/h3*1-4H,(H,8,9);/q;;;+3/p-3. The third-order valence-corrected chi connectivity index (χ3v) is 5.75. The van der Waals surface area contributed by atoms with E-state index in [9.17, 15) is 26.3 Å². The fourth-order valence-electron chi connectivity index (χ4n) is 1.64. The zero-order valence-electron chi connectivity index (χ0n) is 15.2. The molecule has 3 atom stereocenters. The Hall–Kier alpha value is -0.257. The zero-order chi connectivity index (χ0) is 22.7. The molecule has 0 spiro atoms. The van der Waals surface area contributed by atoms with Crippen molar-refractivity contribution in [1.29, 1.82) is 0 Å². The largest absolute Gasteiger partial charge is 3.00 e. The van der Waals surface area contributed by atoms with Crippen LogP contribution in [0.4, 0.5) is 0 Å². The molecule has 0 aliphatic heterocycles. The Morgan fingerprint density at radius 1 is 0.452 bits per heavy atom. The first-order valence-electron chi connectivity index (χ1n) is 7.64. The van der Waals surface area contributed by atoms with Gasteiger partial charge in [-0.1, -0.05) is 34.8 Å². The van der Waals surface area contributed by atoms with Crippen LogP contribution in [0.25, 0.3) is 0 Å². The van der Waals surface area contributed by atoms with Crippen LogP contribution in [0, 0.1) is 0 Å². The van der Waals surface area contributed by atoms with Crippen LogP contribution < -0.4 is 0 Å². The summed E-state index contributed by atoms with van der Waals surface area (Å²) < 4.78 is 61.6. The minimum atomic E-state index is -2.15. The van der Waals surface area contributed by atoms with E-state index in [1.54, 1.807) is 0 Å². The molecule has 3 aromatic rings. The number of hydrogen-bond acceptors (Lipinski definition) is 6. The molecule has 6 nitrogen and oxygen atoms in total. The molecule has 3 aromatic carbocycles. The van der Waals surface area contributed by atoms with Gasteiger partial charge in [0.1, 0.15) is 0 Å². The Morgan fingerprint density at radius 2 is 0.613 bits per heavy atom. The third-order valence-electron chi connectivity index (χ3n) is 3.02. The van der Waals surface area contributed by atoms with Gasteiger partial charge >= 0.3 is 26.2 Å². The van der Waals surface area contributed by atoms with Gasteiger partial charge in [0.25, 0.3) is 0 Å². The van der Waals surface area contributed by atoms with Crippen LogP contribution in [-0.4, -0.2) is 52.5 Å². The SMILES string of the molecule is O=S([O-])c1ccc(Cl)cc1.O=S([O-])c1ccc(Cl)cc1.O=S([O-])c1ccc(Cl)cc1.[Bi+3]. The predicted molar refractivity (Wildman–Crippen MR) is 122 cm³/mol. The smallest absolute Gasteiger partial charge is 0.768 e. The van der Waals surface area contributed by atoms with Crippen molar-refractivity contribution in [3.8, 4) is 0 Å². The molecule has 0 saturated carbocycles. The van der Waals surface area contributed by atoms with Crippen molar-refractivity contribution in [3.05, 3.63) is 87.9 Å². The molecule has 0 bridgehead atoms. The van der Waals surface area contributed by atoms with E-state index >= 15 is 0 Å². The number of hydrogen-bond donors (Lipinski definition) is 0. The first-order chi connectivity index (χ1) is 14.1. The van der Waals surface area contributed by atoms with Crippen molar-refractivity contribution in [2.45, 2.75) is 14.7 Å². The predicted octanol–water partition coefficient (Wildman–Crippen LogP) is 4.35. The summed E-state index contributed by atoms with van der Waals surface area (Å²) in [6.07, 6.45) is 0. The summed E-state index contributed by atoms with van der Waals surface area (Å²) in [7, 11) is 0. The second kappa shape index (κ2) is 16.4. The molecule has 0 heterocycles. The van der Waals surface area contributed by atoms with Crippen molar-refractivity contribution in [2.75, 3.05) is 0 Å². The zero-order valence-corrected chi connectivity index (χ0v) is 23.4. The van der Waals surface area contributed by atoms with Crippen molar-refractivity contribution >= 4 is 94.2 Å². The van der Waals surface area contributed by atoms with Gasteiger partial charge in [-0.05, 0) is 106 Å². The fraction of sp³-hybridized carbons (Fsp3) is 0. The molecule has 0 aliphatic rings. The molecule has 3 rings (SSSR count). The first-order valence-corrected chi connectivity index (χ1v) is 12.0. The van der Waals surface area contributed by atoms with E-state index in [0.717, 1.165) is 0 Å². The van der Waals surface area contributed by atoms with Crippen LogP contribution >= 0.6 is 34.8 Å². The Kier molecular flexibility index (Phi) is 16.2. The summed E-state index contributed by atoms with van der Waals surface area (Å²) in [4.78, 5) is 0.762. The topological polar surface area (TPSA) is 120 Å². The Balaban J connectivity index is 0.000000429. The van der Waals surface area contributed by atoms with E-state index in [4.69, 9.17) is 34.8 Å². The summed E-state index contributed by atoms with van der Waals surface area (Å²) in [5, 5.41) is 1.61. The second-order valence-electron chi connectivity index (χ2n) is 5.07. The summed E-state index contributed by atoms with van der Waals surface area (Å²) in [5.41, 5.74) is 0. The number of benzene rings is 3. The first kappa shape index (κ1) is 30.7. The molecular weight excluding hydrogens is 724 g/mol. The van der Waals surface area contributed by atoms with E-state index in [-0.39, 0.29) is 40.9 Å². The molecule has 2 radical (unpaired) electrons. The van der Waals surface area contributed by atoms with Crippen LogP contribution in [0.5, 0.6) is 0 Å². The van der Waals surface area contributed by atoms with Gasteiger partial charge in [0, 0.05) is 29.8 Å². The normalized spacial score (nSPS) is 12.6. The van der Waals surface area contributed by atoms with Crippen molar-refractivity contribution in [1.82, 2.24) is 0 Å². The average Bonchev–Trinajstić information content (AvgIpc) is 2.70. The molecule has 0 N–H and O–H groups in total. The van der Waals surface area contributed by atoms with E-state index in [0.29, 0.717) is 15.1 Å². The van der Waals surface area contributed by atoms with Crippen LogP contribution in [0.2, 0.25) is 15.1 Å². The molecule has 164 valence electrons. The van der Waals surface area contributed by atoms with Crippen LogP contribution in [0.3, 0.4) is 0 Å². The molecular formula is C18H12BiCl3O6S3. The van der Waals surface area contributed by atoms with Crippen molar-refractivity contribution < 1.29 is 26.3 Å². The average molecular weight is 736 g/mol. The van der Waals surface area contributed by atoms with Crippen LogP contribution in [-0.2, 0) is 33.2 Å². The minimum Gasteiger partial charge on any atom is -0.768 e. The Bertz CT molecular complexity index is 872. The quantitative estimate of drug-likeness (QED) is 0.292. The van der Waals surface area contributed by atoms with Gasteiger partial charge < -0.3 is 13.7 Å². The Labute approximate surface area is 221 Å². The minimum absolute atomic E-state index is 0. The molecule has 13 heteroatoms. The molecule has 0 aromatic heterocycles. The van der Waals surface area contributed by atoms with E-state index < -0.39 is 33.2 Å². The van der Waals surface area contributed by atoms with Gasteiger partial charge in [0.2, 0.25) is 0 Å². The second-order valence-corrected chi connectivity index (χ2v) is 9.20. The summed E-state index contributed by atoms with van der Waals surface area (Å²) >= 11 is 10.1. The summed E-state index contributed by atoms with van der Waals surface area (Å²) in [5.74, 6) is 0. The maximum absolute atomic E-state index is 10.3. The van der Waals surface area contributed by atoms with E-state index in [1.165, 1.54) is 72.8 Å².